The lowest BCUT2D eigenvalue weighted by Crippen LogP contribution is -2.09. The lowest BCUT2D eigenvalue weighted by atomic mass is 10.2. The van der Waals surface area contributed by atoms with Crippen molar-refractivity contribution in [2.75, 3.05) is 12.3 Å². The number of esters is 1. The second-order valence-corrected chi connectivity index (χ2v) is 3.51. The first-order chi connectivity index (χ1) is 8.19. The minimum absolute atomic E-state index is 0.320. The van der Waals surface area contributed by atoms with Crippen LogP contribution in [-0.2, 0) is 11.3 Å². The molecule has 0 bridgehead atoms. The van der Waals surface area contributed by atoms with Crippen LogP contribution >= 0.6 is 0 Å². The minimum atomic E-state index is -0.403. The molecule has 2 aromatic rings. The van der Waals surface area contributed by atoms with Crippen LogP contribution in [0.1, 0.15) is 24.2 Å². The fraction of sp³-hybridized carbons (Fsp3) is 0.364. The van der Waals surface area contributed by atoms with Gasteiger partial charge in [-0.2, -0.15) is 0 Å². The Labute approximate surface area is 98.4 Å². The molecule has 0 saturated carbocycles. The van der Waals surface area contributed by atoms with E-state index in [1.807, 2.05) is 11.5 Å². The number of imidazole rings is 1. The number of anilines is 1. The predicted octanol–water partition coefficient (Wildman–Crippen LogP) is 1.21. The Morgan fingerprint density at radius 1 is 1.47 bits per heavy atom. The van der Waals surface area contributed by atoms with Crippen molar-refractivity contribution in [1.29, 1.82) is 0 Å². The van der Waals surface area contributed by atoms with E-state index in [-0.39, 0.29) is 0 Å². The van der Waals surface area contributed by atoms with Crippen LogP contribution in [0, 0.1) is 0 Å². The van der Waals surface area contributed by atoms with E-state index in [1.54, 1.807) is 13.3 Å². The summed E-state index contributed by atoms with van der Waals surface area (Å²) in [6.45, 7) is 4.75. The Balaban J connectivity index is 2.66. The van der Waals surface area contributed by atoms with E-state index in [0.29, 0.717) is 35.6 Å². The summed E-state index contributed by atoms with van der Waals surface area (Å²) >= 11 is 0. The van der Waals surface area contributed by atoms with Crippen LogP contribution in [0.15, 0.2) is 12.5 Å². The molecule has 17 heavy (non-hydrogen) atoms. The number of rotatable bonds is 3. The molecule has 0 unspecified atom stereocenters. The molecule has 0 radical (unpaired) electrons. The van der Waals surface area contributed by atoms with E-state index >= 15 is 0 Å². The van der Waals surface area contributed by atoms with Crippen molar-refractivity contribution in [2.24, 2.45) is 0 Å². The number of carbonyl (C=O) groups excluding carboxylic acids is 1. The molecular weight excluding hydrogens is 220 g/mol. The van der Waals surface area contributed by atoms with Crippen molar-refractivity contribution in [2.45, 2.75) is 20.4 Å². The smallest absolute Gasteiger partial charge is 0.341 e. The van der Waals surface area contributed by atoms with Gasteiger partial charge in [0, 0.05) is 12.7 Å². The highest BCUT2D eigenvalue weighted by Gasteiger charge is 2.17. The normalized spacial score (nSPS) is 10.7. The highest BCUT2D eigenvalue weighted by atomic mass is 16.5. The zero-order valence-electron chi connectivity index (χ0n) is 9.80. The van der Waals surface area contributed by atoms with Crippen molar-refractivity contribution in [3.05, 3.63) is 18.1 Å². The number of nitrogens with two attached hydrogens (primary N) is 1. The van der Waals surface area contributed by atoms with E-state index in [2.05, 4.69) is 9.97 Å². The zero-order valence-corrected chi connectivity index (χ0v) is 9.80. The average molecular weight is 234 g/mol. The molecule has 0 fully saturated rings. The maximum Gasteiger partial charge on any atom is 0.341 e. The van der Waals surface area contributed by atoms with Gasteiger partial charge < -0.3 is 15.0 Å². The van der Waals surface area contributed by atoms with Gasteiger partial charge in [-0.3, -0.25) is 0 Å². The quantitative estimate of drug-likeness (QED) is 0.807. The molecule has 6 nitrogen and oxygen atoms in total. The van der Waals surface area contributed by atoms with Gasteiger partial charge in [-0.1, -0.05) is 0 Å². The van der Waals surface area contributed by atoms with E-state index in [9.17, 15) is 4.79 Å². The summed E-state index contributed by atoms with van der Waals surface area (Å²) in [6.07, 6.45) is 3.08. The number of fused-ring (bicyclic) bond motifs is 1. The van der Waals surface area contributed by atoms with Crippen molar-refractivity contribution in [3.63, 3.8) is 0 Å². The molecule has 6 heteroatoms. The standard InChI is InChI=1S/C11H14N4O2/c1-3-15-6-14-8-9(15)7(5-13-10(8)12)11(16)17-4-2/h5-6H,3-4H2,1-2H3,(H2,12,13). The first kappa shape index (κ1) is 11.4. The van der Waals surface area contributed by atoms with E-state index in [0.717, 1.165) is 0 Å². The summed E-state index contributed by atoms with van der Waals surface area (Å²) in [5, 5.41) is 0. The Kier molecular flexibility index (Phi) is 2.95. The minimum Gasteiger partial charge on any atom is -0.462 e. The van der Waals surface area contributed by atoms with Gasteiger partial charge in [0.25, 0.3) is 0 Å². The van der Waals surface area contributed by atoms with Gasteiger partial charge in [0.05, 0.1) is 18.5 Å². The van der Waals surface area contributed by atoms with Crippen LogP contribution in [0.5, 0.6) is 0 Å². The number of aromatic nitrogens is 3. The number of aryl methyl sites for hydroxylation is 1. The first-order valence-electron chi connectivity index (χ1n) is 5.45. The molecular formula is C11H14N4O2. The molecule has 2 heterocycles. The summed E-state index contributed by atoms with van der Waals surface area (Å²) in [6, 6.07) is 0. The summed E-state index contributed by atoms with van der Waals surface area (Å²) in [7, 11) is 0. The molecule has 90 valence electrons. The van der Waals surface area contributed by atoms with Crippen LogP contribution in [0.4, 0.5) is 5.82 Å². The van der Waals surface area contributed by atoms with Gasteiger partial charge in [-0.05, 0) is 13.8 Å². The Morgan fingerprint density at radius 3 is 2.88 bits per heavy atom. The third-order valence-electron chi connectivity index (χ3n) is 2.50. The SMILES string of the molecule is CCOC(=O)c1cnc(N)c2ncn(CC)c12. The van der Waals surface area contributed by atoms with Crippen molar-refractivity contribution < 1.29 is 9.53 Å². The van der Waals surface area contributed by atoms with E-state index < -0.39 is 5.97 Å². The molecule has 0 aliphatic rings. The molecule has 0 aliphatic heterocycles. The Hall–Kier alpha value is -2.11. The van der Waals surface area contributed by atoms with Crippen LogP contribution in [0.25, 0.3) is 11.0 Å². The van der Waals surface area contributed by atoms with Crippen LogP contribution < -0.4 is 5.73 Å². The third kappa shape index (κ3) is 1.82. The van der Waals surface area contributed by atoms with Gasteiger partial charge in [-0.15, -0.1) is 0 Å². The number of nitrogens with zero attached hydrogens (tertiary/aromatic N) is 3. The lowest BCUT2D eigenvalue weighted by molar-refractivity contribution is 0.0528. The number of hydrogen-bond donors (Lipinski definition) is 1. The third-order valence-corrected chi connectivity index (χ3v) is 2.50. The van der Waals surface area contributed by atoms with Crippen molar-refractivity contribution >= 4 is 22.8 Å². The topological polar surface area (TPSA) is 83.0 Å². The lowest BCUT2D eigenvalue weighted by Gasteiger charge is -2.06. The highest BCUT2D eigenvalue weighted by Crippen LogP contribution is 2.22. The van der Waals surface area contributed by atoms with Gasteiger partial charge in [-0.25, -0.2) is 14.8 Å². The number of nitrogen functional groups attached to an aromatic ring is 1. The molecule has 0 aromatic carbocycles. The van der Waals surface area contributed by atoms with Crippen LogP contribution in [0.3, 0.4) is 0 Å². The number of pyridine rings is 1. The molecule has 0 spiro atoms. The van der Waals surface area contributed by atoms with Gasteiger partial charge in [0.15, 0.2) is 5.82 Å². The monoisotopic (exact) mass is 234 g/mol. The second-order valence-electron chi connectivity index (χ2n) is 3.51. The second kappa shape index (κ2) is 4.40. The van der Waals surface area contributed by atoms with E-state index in [4.69, 9.17) is 10.5 Å². The molecule has 0 aliphatic carbocycles. The maximum atomic E-state index is 11.8. The fourth-order valence-corrected chi connectivity index (χ4v) is 1.71. The van der Waals surface area contributed by atoms with Gasteiger partial charge >= 0.3 is 5.97 Å². The molecule has 2 rings (SSSR count). The molecule has 2 N–H and O–H groups in total. The van der Waals surface area contributed by atoms with Crippen LogP contribution in [-0.4, -0.2) is 27.1 Å². The Bertz CT molecular complexity index is 562. The summed E-state index contributed by atoms with van der Waals surface area (Å²) in [5.74, 6) is -0.0829. The molecule has 0 amide bonds. The number of carbonyl (C=O) groups is 1. The largest absolute Gasteiger partial charge is 0.462 e. The average Bonchev–Trinajstić information content (AvgIpc) is 2.74. The van der Waals surface area contributed by atoms with Gasteiger partial charge in [0.1, 0.15) is 11.1 Å². The van der Waals surface area contributed by atoms with E-state index in [1.165, 1.54) is 6.20 Å². The number of ether oxygens (including phenoxy) is 1. The van der Waals surface area contributed by atoms with Crippen LogP contribution in [0.2, 0.25) is 0 Å². The summed E-state index contributed by atoms with van der Waals surface area (Å²) in [5.41, 5.74) is 7.35. The summed E-state index contributed by atoms with van der Waals surface area (Å²) in [4.78, 5) is 19.9. The number of hydrogen-bond acceptors (Lipinski definition) is 5. The highest BCUT2D eigenvalue weighted by molar-refractivity contribution is 6.04. The molecule has 0 atom stereocenters. The van der Waals surface area contributed by atoms with Crippen molar-refractivity contribution in [3.8, 4) is 0 Å². The maximum absolute atomic E-state index is 11.8. The molecule has 0 saturated heterocycles. The Morgan fingerprint density at radius 2 is 2.24 bits per heavy atom. The van der Waals surface area contributed by atoms with Crippen molar-refractivity contribution in [1.82, 2.24) is 14.5 Å². The predicted molar refractivity (Wildman–Crippen MR) is 63.6 cm³/mol. The first-order valence-corrected chi connectivity index (χ1v) is 5.45. The molecule has 2 aromatic heterocycles. The van der Waals surface area contributed by atoms with Gasteiger partial charge in [0.2, 0.25) is 0 Å². The zero-order chi connectivity index (χ0) is 12.4. The summed E-state index contributed by atoms with van der Waals surface area (Å²) < 4.78 is 6.83. The fourth-order valence-electron chi connectivity index (χ4n) is 1.71.